The zero-order chi connectivity index (χ0) is 19.3. The number of benzene rings is 2. The predicted octanol–water partition coefficient (Wildman–Crippen LogP) is 1.41. The highest BCUT2D eigenvalue weighted by molar-refractivity contribution is 6.33. The van der Waals surface area contributed by atoms with E-state index in [1.165, 1.54) is 6.92 Å². The fraction of sp³-hybridized carbons (Fsp3) is 0.350. The molecular weight excluding hydrogens is 327 g/mol. The maximum Gasteiger partial charge on any atom is 0.308 e. The van der Waals surface area contributed by atoms with Gasteiger partial charge in [0.1, 0.15) is 13.6 Å². The van der Waals surface area contributed by atoms with Gasteiger partial charge < -0.3 is 20.5 Å². The summed E-state index contributed by atoms with van der Waals surface area (Å²) in [4.78, 5) is 13.7. The molecule has 2 atom stereocenters. The van der Waals surface area contributed by atoms with Gasteiger partial charge in [0.15, 0.2) is 0 Å². The molecule has 0 spiro atoms. The van der Waals surface area contributed by atoms with Crippen LogP contribution in [-0.4, -0.2) is 51.1 Å². The van der Waals surface area contributed by atoms with Gasteiger partial charge in [-0.3, -0.25) is 4.79 Å². The lowest BCUT2D eigenvalue weighted by Gasteiger charge is -2.23. The minimum Gasteiger partial charge on any atom is -0.426 e. The topological polar surface area (TPSA) is 75.8 Å². The second-order valence-corrected chi connectivity index (χ2v) is 6.45. The number of nitrogens with two attached hydrogens (primary N) is 1. The molecule has 0 saturated carbocycles. The molecule has 2 unspecified atom stereocenters. The molecule has 2 radical (unpaired) electrons. The van der Waals surface area contributed by atoms with Crippen LogP contribution < -0.4 is 15.9 Å². The molecule has 1 aliphatic rings. The summed E-state index contributed by atoms with van der Waals surface area (Å²) in [6.07, 6.45) is 0. The summed E-state index contributed by atoms with van der Waals surface area (Å²) in [5.74, 6) is 0.643. The summed E-state index contributed by atoms with van der Waals surface area (Å²) in [6, 6.07) is 13.4. The van der Waals surface area contributed by atoms with Crippen LogP contribution in [-0.2, 0) is 4.79 Å². The Morgan fingerprint density at radius 2 is 1.77 bits per heavy atom. The van der Waals surface area contributed by atoms with Gasteiger partial charge in [-0.05, 0) is 25.2 Å². The van der Waals surface area contributed by atoms with Crippen LogP contribution in [0.3, 0.4) is 0 Å². The van der Waals surface area contributed by atoms with E-state index in [0.29, 0.717) is 11.4 Å². The van der Waals surface area contributed by atoms with Crippen molar-refractivity contribution in [1.82, 2.24) is 4.90 Å². The molecule has 0 aromatic heterocycles. The summed E-state index contributed by atoms with van der Waals surface area (Å²) in [7, 11) is 9.29. The number of likely N-dealkylation sites (tertiary alicyclic amines) is 1. The van der Waals surface area contributed by atoms with E-state index in [2.05, 4.69) is 18.0 Å². The van der Waals surface area contributed by atoms with E-state index in [4.69, 9.17) is 23.4 Å². The number of hydrogen-bond acceptors (Lipinski definition) is 5. The van der Waals surface area contributed by atoms with Crippen LogP contribution in [0.25, 0.3) is 0 Å². The molecular formula is C20H25BN2O3. The van der Waals surface area contributed by atoms with E-state index in [1.807, 2.05) is 24.3 Å². The van der Waals surface area contributed by atoms with Gasteiger partial charge >= 0.3 is 5.97 Å². The third-order valence-corrected chi connectivity index (χ3v) is 4.58. The van der Waals surface area contributed by atoms with Crippen molar-refractivity contribution in [1.29, 1.82) is 0 Å². The molecule has 6 heteroatoms. The van der Waals surface area contributed by atoms with Crippen molar-refractivity contribution in [3.8, 4) is 5.75 Å². The van der Waals surface area contributed by atoms with Crippen LogP contribution >= 0.6 is 0 Å². The number of rotatable bonds is 3. The Balaban J connectivity index is 0.00000117. The minimum atomic E-state index is -0.330. The molecule has 3 N–H and O–H groups in total. The number of nitrogens with zero attached hydrogens (tertiary/aromatic N) is 1. The molecule has 1 aliphatic heterocycles. The highest BCUT2D eigenvalue weighted by Crippen LogP contribution is 2.42. The first kappa shape index (κ1) is 20.0. The number of carbonyl (C=O) groups is 1. The number of anilines is 1. The molecule has 1 fully saturated rings. The smallest absolute Gasteiger partial charge is 0.308 e. The fourth-order valence-electron chi connectivity index (χ4n) is 3.58. The number of hydrogen-bond donors (Lipinski definition) is 2. The average molecular weight is 352 g/mol. The van der Waals surface area contributed by atoms with Crippen LogP contribution in [0.5, 0.6) is 5.75 Å². The molecule has 1 heterocycles. The molecule has 26 heavy (non-hydrogen) atoms. The van der Waals surface area contributed by atoms with Crippen molar-refractivity contribution in [2.45, 2.75) is 18.8 Å². The van der Waals surface area contributed by atoms with E-state index < -0.39 is 0 Å². The standard InChI is InChI=1S/C19H21BN2O2.CH4O/c1-12(23)24-19-8-7-13(21)9-15(19)17-11-22(2)10-16(17)14-5-3-4-6-18(14)20;1-2/h3-9,16-17H,10-11,21H2,1-2H3;2H,1H3. The summed E-state index contributed by atoms with van der Waals surface area (Å²) >= 11 is 0. The van der Waals surface area contributed by atoms with Crippen LogP contribution in [0.2, 0.25) is 0 Å². The minimum absolute atomic E-state index is 0.164. The van der Waals surface area contributed by atoms with Crippen LogP contribution in [0, 0.1) is 0 Å². The second-order valence-electron chi connectivity index (χ2n) is 6.45. The Morgan fingerprint density at radius 1 is 1.15 bits per heavy atom. The lowest BCUT2D eigenvalue weighted by molar-refractivity contribution is -0.131. The Hall–Kier alpha value is -2.31. The van der Waals surface area contributed by atoms with Gasteiger partial charge in [-0.1, -0.05) is 35.3 Å². The first-order chi connectivity index (χ1) is 12.5. The summed E-state index contributed by atoms with van der Waals surface area (Å²) in [5.41, 5.74) is 9.54. The van der Waals surface area contributed by atoms with E-state index in [0.717, 1.165) is 36.8 Å². The van der Waals surface area contributed by atoms with E-state index in [9.17, 15) is 4.79 Å². The Bertz CT molecular complexity index is 766. The van der Waals surface area contributed by atoms with Crippen molar-refractivity contribution in [3.63, 3.8) is 0 Å². The summed E-state index contributed by atoms with van der Waals surface area (Å²) < 4.78 is 5.42. The van der Waals surface area contributed by atoms with Crippen molar-refractivity contribution >= 4 is 25.0 Å². The van der Waals surface area contributed by atoms with Gasteiger partial charge in [-0.25, -0.2) is 0 Å². The SMILES string of the molecule is CO.[B]c1ccccc1C1CN(C)CC1c1cc(N)ccc1OC(C)=O. The van der Waals surface area contributed by atoms with E-state index >= 15 is 0 Å². The van der Waals surface area contributed by atoms with Gasteiger partial charge in [-0.15, -0.1) is 0 Å². The molecule has 136 valence electrons. The Labute approximate surface area is 156 Å². The predicted molar refractivity (Wildman–Crippen MR) is 105 cm³/mol. The Morgan fingerprint density at radius 3 is 2.38 bits per heavy atom. The van der Waals surface area contributed by atoms with Crippen LogP contribution in [0.1, 0.15) is 29.9 Å². The van der Waals surface area contributed by atoms with Crippen molar-refractivity contribution in [2.75, 3.05) is 33.0 Å². The van der Waals surface area contributed by atoms with Gasteiger partial charge in [-0.2, -0.15) is 0 Å². The van der Waals surface area contributed by atoms with Crippen LogP contribution in [0.15, 0.2) is 42.5 Å². The van der Waals surface area contributed by atoms with E-state index in [1.54, 1.807) is 12.1 Å². The first-order valence-electron chi connectivity index (χ1n) is 8.51. The zero-order valence-corrected chi connectivity index (χ0v) is 15.5. The molecule has 1 saturated heterocycles. The number of esters is 1. The summed E-state index contributed by atoms with van der Waals surface area (Å²) in [6.45, 7) is 3.16. The highest BCUT2D eigenvalue weighted by Gasteiger charge is 2.35. The normalized spacial score (nSPS) is 19.5. The molecule has 3 rings (SSSR count). The van der Waals surface area contributed by atoms with Crippen LogP contribution in [0.4, 0.5) is 5.69 Å². The number of carbonyl (C=O) groups excluding carboxylic acids is 1. The molecule has 0 amide bonds. The number of likely N-dealkylation sites (N-methyl/N-ethyl adjacent to an activating group) is 1. The number of ether oxygens (including phenoxy) is 1. The third-order valence-electron chi connectivity index (χ3n) is 4.58. The van der Waals surface area contributed by atoms with Gasteiger partial charge in [0.25, 0.3) is 0 Å². The highest BCUT2D eigenvalue weighted by atomic mass is 16.5. The second kappa shape index (κ2) is 8.87. The first-order valence-corrected chi connectivity index (χ1v) is 8.51. The fourth-order valence-corrected chi connectivity index (χ4v) is 3.58. The molecule has 5 nitrogen and oxygen atoms in total. The van der Waals surface area contributed by atoms with E-state index in [-0.39, 0.29) is 17.8 Å². The zero-order valence-electron chi connectivity index (χ0n) is 15.5. The molecule has 2 aromatic carbocycles. The van der Waals surface area contributed by atoms with Crippen molar-refractivity contribution in [2.24, 2.45) is 0 Å². The summed E-state index contributed by atoms with van der Waals surface area (Å²) in [5, 5.41) is 7.00. The van der Waals surface area contributed by atoms with Gasteiger partial charge in [0, 0.05) is 50.2 Å². The largest absolute Gasteiger partial charge is 0.426 e. The maximum absolute atomic E-state index is 11.5. The lowest BCUT2D eigenvalue weighted by Crippen LogP contribution is -2.20. The monoisotopic (exact) mass is 352 g/mol. The quantitative estimate of drug-likeness (QED) is 0.378. The maximum atomic E-state index is 11.5. The van der Waals surface area contributed by atoms with Gasteiger partial charge in [0.2, 0.25) is 0 Å². The van der Waals surface area contributed by atoms with Gasteiger partial charge in [0.05, 0.1) is 0 Å². The van der Waals surface area contributed by atoms with Crippen molar-refractivity contribution in [3.05, 3.63) is 53.6 Å². The number of nitrogen functional groups attached to an aromatic ring is 1. The number of aliphatic hydroxyl groups is 1. The molecule has 0 bridgehead atoms. The number of aliphatic hydroxyl groups excluding tert-OH is 1. The van der Waals surface area contributed by atoms with Crippen molar-refractivity contribution < 1.29 is 14.6 Å². The third kappa shape index (κ3) is 4.45. The average Bonchev–Trinajstić information content (AvgIpc) is 3.00. The molecule has 2 aromatic rings. The lowest BCUT2D eigenvalue weighted by atomic mass is 9.77. The molecule has 0 aliphatic carbocycles. The Kier molecular flexibility index (Phi) is 6.83.